The van der Waals surface area contributed by atoms with Crippen molar-refractivity contribution >= 4 is 11.6 Å². The number of halogens is 1. The molecule has 1 atom stereocenters. The van der Waals surface area contributed by atoms with Crippen molar-refractivity contribution in [2.45, 2.75) is 6.17 Å². The van der Waals surface area contributed by atoms with Crippen LogP contribution in [0.2, 0.25) is 0 Å². The standard InChI is InChI=1S/C8H6FNO2/c9-7-5-3-1-2-4-6(5)10(12)8(7)11/h1-4,7,12H. The zero-order valence-corrected chi connectivity index (χ0v) is 6.07. The molecule has 1 aliphatic heterocycles. The molecule has 3 nitrogen and oxygen atoms in total. The lowest BCUT2D eigenvalue weighted by Gasteiger charge is -2.05. The van der Waals surface area contributed by atoms with Crippen molar-refractivity contribution in [2.75, 3.05) is 5.06 Å². The smallest absolute Gasteiger partial charge is 0.281 e. The van der Waals surface area contributed by atoms with Crippen LogP contribution in [-0.4, -0.2) is 11.1 Å². The minimum absolute atomic E-state index is 0.227. The van der Waals surface area contributed by atoms with E-state index in [0.717, 1.165) is 0 Å². The molecule has 1 amide bonds. The molecule has 1 N–H and O–H groups in total. The second-order valence-electron chi connectivity index (χ2n) is 2.57. The third kappa shape index (κ3) is 0.753. The zero-order chi connectivity index (χ0) is 8.72. The number of carbonyl (C=O) groups excluding carboxylic acids is 1. The van der Waals surface area contributed by atoms with E-state index in [2.05, 4.69) is 0 Å². The van der Waals surface area contributed by atoms with Gasteiger partial charge in [-0.3, -0.25) is 10.0 Å². The van der Waals surface area contributed by atoms with Gasteiger partial charge < -0.3 is 0 Å². The third-order valence-corrected chi connectivity index (χ3v) is 1.86. The lowest BCUT2D eigenvalue weighted by molar-refractivity contribution is -0.127. The van der Waals surface area contributed by atoms with Gasteiger partial charge in [0.25, 0.3) is 5.91 Å². The molecule has 1 heterocycles. The second-order valence-corrected chi connectivity index (χ2v) is 2.57. The van der Waals surface area contributed by atoms with Crippen molar-refractivity contribution in [3.05, 3.63) is 29.8 Å². The number of amides is 1. The highest BCUT2D eigenvalue weighted by molar-refractivity contribution is 6.01. The number of para-hydroxylation sites is 1. The first kappa shape index (κ1) is 7.24. The summed E-state index contributed by atoms with van der Waals surface area (Å²) >= 11 is 0. The number of hydrogen-bond donors (Lipinski definition) is 1. The molecule has 0 aliphatic carbocycles. The molecule has 0 bridgehead atoms. The number of alkyl halides is 1. The highest BCUT2D eigenvalue weighted by Gasteiger charge is 2.36. The molecule has 4 heteroatoms. The van der Waals surface area contributed by atoms with Crippen molar-refractivity contribution in [1.82, 2.24) is 0 Å². The van der Waals surface area contributed by atoms with E-state index in [1.54, 1.807) is 12.1 Å². The third-order valence-electron chi connectivity index (χ3n) is 1.86. The summed E-state index contributed by atoms with van der Waals surface area (Å²) in [5, 5.41) is 9.41. The molecule has 0 fully saturated rings. The molecular weight excluding hydrogens is 161 g/mol. The highest BCUT2D eigenvalue weighted by Crippen LogP contribution is 2.36. The van der Waals surface area contributed by atoms with E-state index in [4.69, 9.17) is 5.21 Å². The Hall–Kier alpha value is -1.42. The number of hydroxylamine groups is 1. The summed E-state index contributed by atoms with van der Waals surface area (Å²) < 4.78 is 13.0. The zero-order valence-electron chi connectivity index (χ0n) is 6.07. The maximum absolute atomic E-state index is 13.0. The molecule has 1 aromatic rings. The van der Waals surface area contributed by atoms with Crippen LogP contribution >= 0.6 is 0 Å². The summed E-state index contributed by atoms with van der Waals surface area (Å²) in [6.07, 6.45) is -1.72. The molecule has 12 heavy (non-hydrogen) atoms. The van der Waals surface area contributed by atoms with E-state index in [1.165, 1.54) is 12.1 Å². The van der Waals surface area contributed by atoms with Crippen molar-refractivity contribution in [2.24, 2.45) is 0 Å². The first-order valence-corrected chi connectivity index (χ1v) is 3.47. The van der Waals surface area contributed by atoms with E-state index in [1.807, 2.05) is 0 Å². The van der Waals surface area contributed by atoms with Gasteiger partial charge in [-0.2, -0.15) is 5.06 Å². The summed E-state index contributed by atoms with van der Waals surface area (Å²) in [4.78, 5) is 10.9. The van der Waals surface area contributed by atoms with Crippen LogP contribution in [0.5, 0.6) is 0 Å². The number of benzene rings is 1. The normalized spacial score (nSPS) is 21.3. The van der Waals surface area contributed by atoms with Gasteiger partial charge in [0.1, 0.15) is 0 Å². The number of carbonyl (C=O) groups is 1. The van der Waals surface area contributed by atoms with E-state index in [-0.39, 0.29) is 11.3 Å². The second kappa shape index (κ2) is 2.28. The number of nitrogens with zero attached hydrogens (tertiary/aromatic N) is 1. The number of anilines is 1. The van der Waals surface area contributed by atoms with Gasteiger partial charge in [-0.15, -0.1) is 0 Å². The predicted octanol–water partition coefficient (Wildman–Crippen LogP) is 1.43. The summed E-state index contributed by atoms with van der Waals surface area (Å²) in [6.45, 7) is 0. The van der Waals surface area contributed by atoms with E-state index >= 15 is 0 Å². The van der Waals surface area contributed by atoms with Gasteiger partial charge in [0, 0.05) is 5.56 Å². The fourth-order valence-corrected chi connectivity index (χ4v) is 1.25. The van der Waals surface area contributed by atoms with Crippen LogP contribution in [0.15, 0.2) is 24.3 Å². The average Bonchev–Trinajstić information content (AvgIpc) is 2.33. The Kier molecular flexibility index (Phi) is 1.38. The molecule has 2 rings (SSSR count). The van der Waals surface area contributed by atoms with Crippen LogP contribution in [0, 0.1) is 0 Å². The number of rotatable bonds is 0. The predicted molar refractivity (Wildman–Crippen MR) is 39.6 cm³/mol. The monoisotopic (exact) mass is 167 g/mol. The Morgan fingerprint density at radius 1 is 1.42 bits per heavy atom. The summed E-state index contributed by atoms with van der Waals surface area (Å²) in [5.74, 6) is -0.920. The highest BCUT2D eigenvalue weighted by atomic mass is 19.1. The maximum Gasteiger partial charge on any atom is 0.289 e. The Balaban J connectivity index is 2.59. The summed E-state index contributed by atoms with van der Waals surface area (Å²) in [6, 6.07) is 6.23. The van der Waals surface area contributed by atoms with Gasteiger partial charge in [0.15, 0.2) is 0 Å². The fourth-order valence-electron chi connectivity index (χ4n) is 1.25. The molecule has 0 aromatic heterocycles. The van der Waals surface area contributed by atoms with Crippen LogP contribution < -0.4 is 5.06 Å². The summed E-state index contributed by atoms with van der Waals surface area (Å²) in [5.41, 5.74) is 0.458. The Morgan fingerprint density at radius 3 is 2.75 bits per heavy atom. The van der Waals surface area contributed by atoms with Crippen molar-refractivity contribution in [3.63, 3.8) is 0 Å². The van der Waals surface area contributed by atoms with Gasteiger partial charge in [-0.1, -0.05) is 18.2 Å². The van der Waals surface area contributed by atoms with Crippen molar-refractivity contribution < 1.29 is 14.4 Å². The van der Waals surface area contributed by atoms with Crippen LogP contribution in [-0.2, 0) is 4.79 Å². The Morgan fingerprint density at radius 2 is 2.08 bits per heavy atom. The van der Waals surface area contributed by atoms with Crippen LogP contribution in [0.3, 0.4) is 0 Å². The maximum atomic E-state index is 13.0. The van der Waals surface area contributed by atoms with E-state index in [9.17, 15) is 9.18 Å². The molecular formula is C8H6FNO2. The molecule has 1 aromatic carbocycles. The lowest BCUT2D eigenvalue weighted by Crippen LogP contribution is -2.22. The molecule has 0 radical (unpaired) electrons. The van der Waals surface area contributed by atoms with Crippen LogP contribution in [0.25, 0.3) is 0 Å². The van der Waals surface area contributed by atoms with Gasteiger partial charge in [0.2, 0.25) is 6.17 Å². The molecule has 0 saturated carbocycles. The SMILES string of the molecule is O=C1C(F)c2ccccc2N1O. The van der Waals surface area contributed by atoms with Gasteiger partial charge in [0.05, 0.1) is 5.69 Å². The van der Waals surface area contributed by atoms with Crippen LogP contribution in [0.4, 0.5) is 10.1 Å². The molecule has 1 unspecified atom stereocenters. The van der Waals surface area contributed by atoms with Gasteiger partial charge in [-0.25, -0.2) is 4.39 Å². The van der Waals surface area contributed by atoms with Crippen LogP contribution in [0.1, 0.15) is 11.7 Å². The van der Waals surface area contributed by atoms with E-state index < -0.39 is 12.1 Å². The molecule has 1 aliphatic rings. The van der Waals surface area contributed by atoms with Crippen molar-refractivity contribution in [1.29, 1.82) is 0 Å². The Bertz CT molecular complexity index is 309. The number of hydrogen-bond acceptors (Lipinski definition) is 2. The van der Waals surface area contributed by atoms with Gasteiger partial charge in [-0.05, 0) is 6.07 Å². The topological polar surface area (TPSA) is 40.5 Å². The minimum atomic E-state index is -1.72. The Labute approximate surface area is 68.0 Å². The largest absolute Gasteiger partial charge is 0.289 e. The number of fused-ring (bicyclic) bond motifs is 1. The molecule has 0 spiro atoms. The molecule has 0 saturated heterocycles. The first-order valence-electron chi connectivity index (χ1n) is 3.47. The lowest BCUT2D eigenvalue weighted by atomic mass is 10.1. The minimum Gasteiger partial charge on any atom is -0.281 e. The van der Waals surface area contributed by atoms with Crippen molar-refractivity contribution in [3.8, 4) is 0 Å². The summed E-state index contributed by atoms with van der Waals surface area (Å²) in [7, 11) is 0. The van der Waals surface area contributed by atoms with Gasteiger partial charge >= 0.3 is 0 Å². The quantitative estimate of drug-likeness (QED) is 0.594. The molecule has 62 valence electrons. The first-order chi connectivity index (χ1) is 5.72. The van der Waals surface area contributed by atoms with E-state index in [0.29, 0.717) is 5.06 Å². The average molecular weight is 167 g/mol. The fraction of sp³-hybridized carbons (Fsp3) is 0.125.